The molecule has 0 spiro atoms. The van der Waals surface area contributed by atoms with Crippen LogP contribution in [0.1, 0.15) is 41.5 Å². The highest BCUT2D eigenvalue weighted by Crippen LogP contribution is 2.08. The molecule has 1 unspecified atom stereocenters. The third-order valence-corrected chi connectivity index (χ3v) is 3.05. The summed E-state index contributed by atoms with van der Waals surface area (Å²) in [5.41, 5.74) is 7.54. The average Bonchev–Trinajstić information content (AvgIpc) is 2.37. The maximum atomic E-state index is 12.0. The Morgan fingerprint density at radius 1 is 1.44 bits per heavy atom. The number of nitrogens with one attached hydrogen (secondary N) is 1. The van der Waals surface area contributed by atoms with E-state index in [1.54, 1.807) is 13.0 Å². The fourth-order valence-electron chi connectivity index (χ4n) is 1.80. The van der Waals surface area contributed by atoms with Gasteiger partial charge in [0, 0.05) is 6.54 Å². The van der Waals surface area contributed by atoms with Gasteiger partial charge in [0.2, 0.25) is 0 Å². The predicted molar refractivity (Wildman–Crippen MR) is 71.3 cm³/mol. The lowest BCUT2D eigenvalue weighted by Gasteiger charge is -2.15. The molecule has 1 atom stereocenters. The van der Waals surface area contributed by atoms with Gasteiger partial charge in [0.05, 0.1) is 17.0 Å². The summed E-state index contributed by atoms with van der Waals surface area (Å²) in [7, 11) is 0. The molecule has 0 aromatic carbocycles. The molecule has 1 aromatic rings. The molecule has 0 radical (unpaired) electrons. The van der Waals surface area contributed by atoms with Gasteiger partial charge in [0.1, 0.15) is 0 Å². The molecule has 18 heavy (non-hydrogen) atoms. The van der Waals surface area contributed by atoms with Crippen molar-refractivity contribution in [2.24, 2.45) is 11.7 Å². The number of aromatic nitrogens is 2. The number of carbonyl (C=O) groups excluding carboxylic acids is 1. The molecule has 0 saturated heterocycles. The lowest BCUT2D eigenvalue weighted by molar-refractivity contribution is 0.0944. The summed E-state index contributed by atoms with van der Waals surface area (Å²) in [6.07, 6.45) is 1.95. The highest BCUT2D eigenvalue weighted by atomic mass is 16.1. The molecule has 0 aliphatic rings. The Bertz CT molecular complexity index is 406. The van der Waals surface area contributed by atoms with Gasteiger partial charge in [-0.3, -0.25) is 4.79 Å². The second-order valence-corrected chi connectivity index (χ2v) is 4.55. The third kappa shape index (κ3) is 4.07. The van der Waals surface area contributed by atoms with Crippen LogP contribution in [0.15, 0.2) is 6.07 Å². The Morgan fingerprint density at radius 2 is 2.17 bits per heavy atom. The first-order valence-electron chi connectivity index (χ1n) is 6.37. The van der Waals surface area contributed by atoms with Gasteiger partial charge in [-0.1, -0.05) is 13.3 Å². The van der Waals surface area contributed by atoms with E-state index in [0.717, 1.165) is 18.5 Å². The zero-order chi connectivity index (χ0) is 13.5. The number of hydrogen-bond acceptors (Lipinski definition) is 4. The molecule has 1 amide bonds. The van der Waals surface area contributed by atoms with E-state index in [4.69, 9.17) is 5.73 Å². The lowest BCUT2D eigenvalue weighted by atomic mass is 10.0. The predicted octanol–water partition coefficient (Wildman–Crippen LogP) is 1.20. The molecule has 0 aliphatic carbocycles. The molecular formula is C13H22N4O. The van der Waals surface area contributed by atoms with Crippen LogP contribution in [-0.2, 0) is 0 Å². The second-order valence-electron chi connectivity index (χ2n) is 4.55. The minimum absolute atomic E-state index is 0.0824. The minimum Gasteiger partial charge on any atom is -0.352 e. The molecule has 100 valence electrons. The maximum Gasteiger partial charge on any atom is 0.253 e. The van der Waals surface area contributed by atoms with Crippen molar-refractivity contribution in [2.75, 3.05) is 13.1 Å². The van der Waals surface area contributed by atoms with Crippen molar-refractivity contribution in [2.45, 2.75) is 33.6 Å². The van der Waals surface area contributed by atoms with E-state index < -0.39 is 0 Å². The van der Waals surface area contributed by atoms with E-state index in [9.17, 15) is 4.79 Å². The molecule has 3 N–H and O–H groups in total. The molecule has 0 bridgehead atoms. The van der Waals surface area contributed by atoms with Gasteiger partial charge < -0.3 is 11.1 Å². The molecule has 1 rings (SSSR count). The average molecular weight is 250 g/mol. The number of hydrogen-bond donors (Lipinski definition) is 2. The molecule has 0 fully saturated rings. The first-order valence-corrected chi connectivity index (χ1v) is 6.37. The van der Waals surface area contributed by atoms with Crippen LogP contribution in [0.4, 0.5) is 0 Å². The Morgan fingerprint density at radius 3 is 2.78 bits per heavy atom. The van der Waals surface area contributed by atoms with Gasteiger partial charge in [0.15, 0.2) is 0 Å². The van der Waals surface area contributed by atoms with Gasteiger partial charge in [-0.25, -0.2) is 0 Å². The third-order valence-electron chi connectivity index (χ3n) is 3.05. The SMILES string of the molecule is CCC(CCN)CNC(=O)c1cc(C)nnc1C. The fourth-order valence-corrected chi connectivity index (χ4v) is 1.80. The van der Waals surface area contributed by atoms with Gasteiger partial charge in [-0.2, -0.15) is 10.2 Å². The summed E-state index contributed by atoms with van der Waals surface area (Å²) in [4.78, 5) is 12.0. The zero-order valence-electron chi connectivity index (χ0n) is 11.4. The van der Waals surface area contributed by atoms with E-state index in [1.807, 2.05) is 6.92 Å². The largest absolute Gasteiger partial charge is 0.352 e. The topological polar surface area (TPSA) is 80.9 Å². The van der Waals surface area contributed by atoms with Crippen molar-refractivity contribution in [1.29, 1.82) is 0 Å². The Labute approximate surface area is 108 Å². The Balaban J connectivity index is 2.62. The molecule has 0 saturated carbocycles. The van der Waals surface area contributed by atoms with E-state index in [2.05, 4.69) is 22.4 Å². The highest BCUT2D eigenvalue weighted by Gasteiger charge is 2.13. The van der Waals surface area contributed by atoms with Crippen molar-refractivity contribution in [3.8, 4) is 0 Å². The first kappa shape index (κ1) is 14.6. The Hall–Kier alpha value is -1.49. The second kappa shape index (κ2) is 7.06. The summed E-state index contributed by atoms with van der Waals surface area (Å²) in [5, 5.41) is 10.8. The van der Waals surface area contributed by atoms with Gasteiger partial charge in [0.25, 0.3) is 5.91 Å². The number of nitrogens with two attached hydrogens (primary N) is 1. The number of aryl methyl sites for hydroxylation is 2. The van der Waals surface area contributed by atoms with Crippen LogP contribution in [0.5, 0.6) is 0 Å². The van der Waals surface area contributed by atoms with Crippen LogP contribution in [-0.4, -0.2) is 29.2 Å². The first-order chi connectivity index (χ1) is 8.58. The van der Waals surface area contributed by atoms with Crippen molar-refractivity contribution in [3.63, 3.8) is 0 Å². The molecule has 0 aliphatic heterocycles. The van der Waals surface area contributed by atoms with Crippen molar-refractivity contribution in [1.82, 2.24) is 15.5 Å². The van der Waals surface area contributed by atoms with Gasteiger partial charge in [-0.15, -0.1) is 0 Å². The normalized spacial score (nSPS) is 12.2. The maximum absolute atomic E-state index is 12.0. The zero-order valence-corrected chi connectivity index (χ0v) is 11.4. The summed E-state index contributed by atoms with van der Waals surface area (Å²) >= 11 is 0. The highest BCUT2D eigenvalue weighted by molar-refractivity contribution is 5.95. The molecule has 1 aromatic heterocycles. The standard InChI is InChI=1S/C13H22N4O/c1-4-11(5-6-14)8-15-13(18)12-7-9(2)16-17-10(12)3/h7,11H,4-6,8,14H2,1-3H3,(H,15,18). The van der Waals surface area contributed by atoms with E-state index >= 15 is 0 Å². The van der Waals surface area contributed by atoms with Crippen LogP contribution < -0.4 is 11.1 Å². The van der Waals surface area contributed by atoms with Crippen LogP contribution in [0.3, 0.4) is 0 Å². The summed E-state index contributed by atoms with van der Waals surface area (Å²) < 4.78 is 0. The van der Waals surface area contributed by atoms with E-state index in [-0.39, 0.29) is 5.91 Å². The molecule has 1 heterocycles. The monoisotopic (exact) mass is 250 g/mol. The van der Waals surface area contributed by atoms with Crippen molar-refractivity contribution < 1.29 is 4.79 Å². The molecule has 5 heteroatoms. The number of amides is 1. The van der Waals surface area contributed by atoms with E-state index in [1.165, 1.54) is 0 Å². The minimum atomic E-state index is -0.0824. The Kier molecular flexibility index (Phi) is 5.71. The number of carbonyl (C=O) groups is 1. The van der Waals surface area contributed by atoms with Gasteiger partial charge in [-0.05, 0) is 38.8 Å². The smallest absolute Gasteiger partial charge is 0.253 e. The summed E-state index contributed by atoms with van der Waals surface area (Å²) in [6, 6.07) is 1.77. The molecule has 5 nitrogen and oxygen atoms in total. The van der Waals surface area contributed by atoms with Crippen LogP contribution >= 0.6 is 0 Å². The van der Waals surface area contributed by atoms with E-state index in [0.29, 0.717) is 30.3 Å². The quantitative estimate of drug-likeness (QED) is 0.795. The van der Waals surface area contributed by atoms with Crippen LogP contribution in [0.2, 0.25) is 0 Å². The van der Waals surface area contributed by atoms with Crippen LogP contribution in [0, 0.1) is 19.8 Å². The van der Waals surface area contributed by atoms with Gasteiger partial charge >= 0.3 is 0 Å². The summed E-state index contributed by atoms with van der Waals surface area (Å²) in [6.45, 7) is 7.04. The lowest BCUT2D eigenvalue weighted by Crippen LogP contribution is -2.30. The van der Waals surface area contributed by atoms with Crippen molar-refractivity contribution >= 4 is 5.91 Å². The molecular weight excluding hydrogens is 228 g/mol. The summed E-state index contributed by atoms with van der Waals surface area (Å²) in [5.74, 6) is 0.358. The van der Waals surface area contributed by atoms with Crippen molar-refractivity contribution in [3.05, 3.63) is 23.0 Å². The van der Waals surface area contributed by atoms with Crippen LogP contribution in [0.25, 0.3) is 0 Å². The fraction of sp³-hybridized carbons (Fsp3) is 0.615. The number of nitrogens with zero attached hydrogens (tertiary/aromatic N) is 2. The number of rotatable bonds is 6.